The summed E-state index contributed by atoms with van der Waals surface area (Å²) in [5.74, 6) is -0.193. The highest BCUT2D eigenvalue weighted by atomic mass is 79.9. The third-order valence-electron chi connectivity index (χ3n) is 2.92. The van der Waals surface area contributed by atoms with Crippen LogP contribution in [0.5, 0.6) is 5.75 Å². The normalized spacial score (nSPS) is 10.2. The average Bonchev–Trinajstić information content (AvgIpc) is 2.47. The van der Waals surface area contributed by atoms with Gasteiger partial charge in [-0.3, -0.25) is 4.79 Å². The number of carbonyl (C=O) groups is 1. The second kappa shape index (κ2) is 6.05. The fraction of sp³-hybridized carbons (Fsp3) is 0.133. The number of methoxy groups -OCH3 is 1. The van der Waals surface area contributed by atoms with Gasteiger partial charge in [-0.1, -0.05) is 12.1 Å². The van der Waals surface area contributed by atoms with Gasteiger partial charge in [0.2, 0.25) is 0 Å². The Morgan fingerprint density at radius 3 is 2.60 bits per heavy atom. The monoisotopic (exact) mass is 337 g/mol. The molecule has 2 aromatic rings. The molecule has 0 N–H and O–H groups in total. The van der Waals surface area contributed by atoms with Crippen LogP contribution in [0, 0.1) is 5.82 Å². The molecule has 5 heteroatoms. The maximum absolute atomic E-state index is 13.7. The first-order valence-electron chi connectivity index (χ1n) is 5.90. The van der Waals surface area contributed by atoms with E-state index in [9.17, 15) is 9.18 Å². The molecule has 0 spiro atoms. The molecule has 3 nitrogen and oxygen atoms in total. The summed E-state index contributed by atoms with van der Waals surface area (Å²) in [4.78, 5) is 13.7. The molecule has 2 aromatic carbocycles. The van der Waals surface area contributed by atoms with Crippen molar-refractivity contribution in [1.82, 2.24) is 0 Å². The van der Waals surface area contributed by atoms with E-state index in [0.29, 0.717) is 15.8 Å². The van der Waals surface area contributed by atoms with Crippen LogP contribution in [0.15, 0.2) is 46.9 Å². The van der Waals surface area contributed by atoms with Crippen LogP contribution in [0.25, 0.3) is 0 Å². The second-order valence-corrected chi connectivity index (χ2v) is 5.02. The highest BCUT2D eigenvalue weighted by molar-refractivity contribution is 9.10. The molecule has 0 aromatic heterocycles. The summed E-state index contributed by atoms with van der Waals surface area (Å²) < 4.78 is 19.5. The van der Waals surface area contributed by atoms with Crippen molar-refractivity contribution in [3.63, 3.8) is 0 Å². The third-order valence-corrected chi connectivity index (χ3v) is 3.61. The van der Waals surface area contributed by atoms with Gasteiger partial charge in [-0.2, -0.15) is 0 Å². The molecule has 20 heavy (non-hydrogen) atoms. The van der Waals surface area contributed by atoms with E-state index >= 15 is 0 Å². The number of benzene rings is 2. The molecule has 0 saturated carbocycles. The molecule has 0 aliphatic carbocycles. The largest absolute Gasteiger partial charge is 0.497 e. The van der Waals surface area contributed by atoms with Crippen molar-refractivity contribution in [3.05, 3.63) is 58.3 Å². The van der Waals surface area contributed by atoms with Crippen molar-refractivity contribution in [1.29, 1.82) is 0 Å². The van der Waals surface area contributed by atoms with Crippen molar-refractivity contribution >= 4 is 27.5 Å². The van der Waals surface area contributed by atoms with E-state index in [1.165, 1.54) is 25.1 Å². The van der Waals surface area contributed by atoms with Crippen molar-refractivity contribution in [3.8, 4) is 5.75 Å². The van der Waals surface area contributed by atoms with Crippen LogP contribution in [0.2, 0.25) is 0 Å². The summed E-state index contributed by atoms with van der Waals surface area (Å²) in [7, 11) is 3.06. The van der Waals surface area contributed by atoms with Crippen molar-refractivity contribution in [2.45, 2.75) is 0 Å². The zero-order valence-corrected chi connectivity index (χ0v) is 12.6. The molecular formula is C15H13BrFNO2. The lowest BCUT2D eigenvalue weighted by Crippen LogP contribution is -2.27. The first kappa shape index (κ1) is 14.5. The highest BCUT2D eigenvalue weighted by Gasteiger charge is 2.19. The second-order valence-electron chi connectivity index (χ2n) is 4.16. The van der Waals surface area contributed by atoms with Crippen molar-refractivity contribution in [2.75, 3.05) is 19.1 Å². The standard InChI is InChI=1S/C15H13BrFNO2/c1-18(14-6-4-3-5-13(14)17)15(19)11-9-10(20-2)7-8-12(11)16/h3-9H,1-2H3. The molecule has 0 saturated heterocycles. The minimum absolute atomic E-state index is 0.229. The lowest BCUT2D eigenvalue weighted by atomic mass is 10.1. The number of hydrogen-bond acceptors (Lipinski definition) is 2. The Bertz CT molecular complexity index is 646. The van der Waals surface area contributed by atoms with Crippen LogP contribution in [-0.2, 0) is 0 Å². The van der Waals surface area contributed by atoms with Gasteiger partial charge >= 0.3 is 0 Å². The lowest BCUT2D eigenvalue weighted by molar-refractivity contribution is 0.0991. The van der Waals surface area contributed by atoms with Gasteiger partial charge in [0.15, 0.2) is 0 Å². The number of anilines is 1. The zero-order chi connectivity index (χ0) is 14.7. The number of carbonyl (C=O) groups excluding carboxylic acids is 1. The number of halogens is 2. The molecule has 0 aliphatic rings. The maximum Gasteiger partial charge on any atom is 0.259 e. The minimum Gasteiger partial charge on any atom is -0.497 e. The van der Waals surface area contributed by atoms with E-state index in [0.717, 1.165) is 0 Å². The Kier molecular flexibility index (Phi) is 4.39. The van der Waals surface area contributed by atoms with Crippen LogP contribution in [0.4, 0.5) is 10.1 Å². The van der Waals surface area contributed by atoms with Crippen LogP contribution < -0.4 is 9.64 Å². The molecule has 0 radical (unpaired) electrons. The Morgan fingerprint density at radius 1 is 1.25 bits per heavy atom. The Hall–Kier alpha value is -1.88. The van der Waals surface area contributed by atoms with Crippen LogP contribution >= 0.6 is 15.9 Å². The number of para-hydroxylation sites is 1. The smallest absolute Gasteiger partial charge is 0.259 e. The van der Waals surface area contributed by atoms with E-state index in [1.807, 2.05) is 0 Å². The molecule has 0 fully saturated rings. The van der Waals surface area contributed by atoms with Crippen molar-refractivity contribution < 1.29 is 13.9 Å². The van der Waals surface area contributed by atoms with Gasteiger partial charge in [0.05, 0.1) is 18.4 Å². The number of hydrogen-bond donors (Lipinski definition) is 0. The number of ether oxygens (including phenoxy) is 1. The van der Waals surface area contributed by atoms with Gasteiger partial charge in [-0.25, -0.2) is 4.39 Å². The Labute approximate surface area is 125 Å². The first-order valence-corrected chi connectivity index (χ1v) is 6.70. The fourth-order valence-electron chi connectivity index (χ4n) is 1.81. The third kappa shape index (κ3) is 2.82. The molecule has 2 rings (SSSR count). The maximum atomic E-state index is 13.7. The predicted octanol–water partition coefficient (Wildman–Crippen LogP) is 3.87. The molecule has 0 atom stereocenters. The minimum atomic E-state index is -0.442. The van der Waals surface area contributed by atoms with Crippen LogP contribution in [0.3, 0.4) is 0 Å². The van der Waals surface area contributed by atoms with E-state index in [2.05, 4.69) is 15.9 Å². The van der Waals surface area contributed by atoms with Crippen molar-refractivity contribution in [2.24, 2.45) is 0 Å². The number of amides is 1. The van der Waals surface area contributed by atoms with Gasteiger partial charge < -0.3 is 9.64 Å². The highest BCUT2D eigenvalue weighted by Crippen LogP contribution is 2.26. The Morgan fingerprint density at radius 2 is 1.95 bits per heavy atom. The first-order chi connectivity index (χ1) is 9.54. The van der Waals surface area contributed by atoms with E-state index in [-0.39, 0.29) is 11.6 Å². The summed E-state index contributed by atoms with van der Waals surface area (Å²) in [5, 5.41) is 0. The van der Waals surface area contributed by atoms with E-state index < -0.39 is 5.82 Å². The topological polar surface area (TPSA) is 29.5 Å². The average molecular weight is 338 g/mol. The summed E-state index contributed by atoms with van der Waals surface area (Å²) >= 11 is 3.32. The molecule has 1 amide bonds. The summed E-state index contributed by atoms with van der Waals surface area (Å²) in [5.41, 5.74) is 0.641. The van der Waals surface area contributed by atoms with Gasteiger partial charge in [-0.15, -0.1) is 0 Å². The summed E-state index contributed by atoms with van der Waals surface area (Å²) in [6.07, 6.45) is 0. The fourth-order valence-corrected chi connectivity index (χ4v) is 2.23. The van der Waals surface area contributed by atoms with Gasteiger partial charge in [0, 0.05) is 11.5 Å². The van der Waals surface area contributed by atoms with Crippen LogP contribution in [0.1, 0.15) is 10.4 Å². The summed E-state index contributed by atoms with van der Waals surface area (Å²) in [6.45, 7) is 0. The molecular weight excluding hydrogens is 325 g/mol. The molecule has 0 bridgehead atoms. The zero-order valence-electron chi connectivity index (χ0n) is 11.1. The van der Waals surface area contributed by atoms with Gasteiger partial charge in [-0.05, 0) is 46.3 Å². The molecule has 0 aliphatic heterocycles. The molecule has 0 unspecified atom stereocenters. The quantitative estimate of drug-likeness (QED) is 0.850. The molecule has 0 heterocycles. The summed E-state index contributed by atoms with van der Waals surface area (Å²) in [6, 6.07) is 11.2. The van der Waals surface area contributed by atoms with E-state index in [4.69, 9.17) is 4.74 Å². The Balaban J connectivity index is 2.39. The van der Waals surface area contributed by atoms with Gasteiger partial charge in [0.1, 0.15) is 11.6 Å². The predicted molar refractivity (Wildman–Crippen MR) is 79.8 cm³/mol. The lowest BCUT2D eigenvalue weighted by Gasteiger charge is -2.19. The number of rotatable bonds is 3. The van der Waals surface area contributed by atoms with Crippen LogP contribution in [-0.4, -0.2) is 20.1 Å². The van der Waals surface area contributed by atoms with Gasteiger partial charge in [0.25, 0.3) is 5.91 Å². The number of nitrogens with zero attached hydrogens (tertiary/aromatic N) is 1. The van der Waals surface area contributed by atoms with E-state index in [1.54, 1.807) is 36.4 Å². The molecule has 104 valence electrons. The SMILES string of the molecule is COc1ccc(Br)c(C(=O)N(C)c2ccccc2F)c1.